The van der Waals surface area contributed by atoms with E-state index in [2.05, 4.69) is 0 Å². The van der Waals surface area contributed by atoms with Crippen molar-refractivity contribution in [1.29, 1.82) is 0 Å². The number of aromatic carboxylic acids is 1. The van der Waals surface area contributed by atoms with Crippen molar-refractivity contribution in [3.63, 3.8) is 0 Å². The Morgan fingerprint density at radius 2 is 1.77 bits per heavy atom. The molecular formula is C9H10Cl2O2. The number of carboxylic acid groups (broad SMARTS) is 1. The summed E-state index contributed by atoms with van der Waals surface area (Å²) >= 11 is 11.1. The molecule has 1 N–H and O–H groups in total. The third-order valence-electron chi connectivity index (χ3n) is 1.17. The number of hydrogen-bond donors (Lipinski definition) is 1. The van der Waals surface area contributed by atoms with Gasteiger partial charge in [-0.2, -0.15) is 0 Å². The third kappa shape index (κ3) is 3.66. The molecule has 0 aliphatic carbocycles. The second kappa shape index (κ2) is 5.84. The number of carbonyl (C=O) groups is 1. The van der Waals surface area contributed by atoms with Gasteiger partial charge in [0.1, 0.15) is 0 Å². The zero-order valence-corrected chi connectivity index (χ0v) is 8.86. The topological polar surface area (TPSA) is 37.3 Å². The van der Waals surface area contributed by atoms with Crippen molar-refractivity contribution in [3.8, 4) is 0 Å². The van der Waals surface area contributed by atoms with Crippen molar-refractivity contribution in [1.82, 2.24) is 0 Å². The molecule has 0 saturated carbocycles. The van der Waals surface area contributed by atoms with Gasteiger partial charge in [-0.05, 0) is 18.2 Å². The van der Waals surface area contributed by atoms with Crippen LogP contribution in [0.4, 0.5) is 0 Å². The van der Waals surface area contributed by atoms with Crippen LogP contribution in [0.15, 0.2) is 18.2 Å². The predicted octanol–water partition coefficient (Wildman–Crippen LogP) is 3.72. The molecule has 1 aromatic carbocycles. The minimum Gasteiger partial charge on any atom is -0.478 e. The number of rotatable bonds is 1. The molecule has 13 heavy (non-hydrogen) atoms. The van der Waals surface area contributed by atoms with Gasteiger partial charge in [0.2, 0.25) is 0 Å². The van der Waals surface area contributed by atoms with Gasteiger partial charge in [-0.25, -0.2) is 4.79 Å². The van der Waals surface area contributed by atoms with E-state index in [0.717, 1.165) is 0 Å². The third-order valence-corrected chi connectivity index (χ3v) is 1.91. The molecule has 0 amide bonds. The maximum absolute atomic E-state index is 10.4. The first kappa shape index (κ1) is 12.3. The van der Waals surface area contributed by atoms with Gasteiger partial charge in [0.05, 0.1) is 15.6 Å². The predicted molar refractivity (Wildman–Crippen MR) is 54.8 cm³/mol. The Morgan fingerprint density at radius 3 is 2.15 bits per heavy atom. The van der Waals surface area contributed by atoms with Crippen molar-refractivity contribution in [3.05, 3.63) is 33.8 Å². The van der Waals surface area contributed by atoms with Crippen LogP contribution in [0.25, 0.3) is 0 Å². The molecule has 0 radical (unpaired) electrons. The Kier molecular flexibility index (Phi) is 5.51. The largest absolute Gasteiger partial charge is 0.478 e. The van der Waals surface area contributed by atoms with E-state index >= 15 is 0 Å². The first-order valence-corrected chi connectivity index (χ1v) is 4.55. The van der Waals surface area contributed by atoms with E-state index in [0.29, 0.717) is 5.02 Å². The zero-order valence-electron chi connectivity index (χ0n) is 7.34. The van der Waals surface area contributed by atoms with Gasteiger partial charge >= 0.3 is 5.97 Å². The molecular weight excluding hydrogens is 211 g/mol. The van der Waals surface area contributed by atoms with Crippen LogP contribution in [0, 0.1) is 0 Å². The second-order valence-corrected chi connectivity index (χ2v) is 2.75. The summed E-state index contributed by atoms with van der Waals surface area (Å²) in [5.74, 6) is -1.01. The van der Waals surface area contributed by atoms with Crippen LogP contribution in [-0.4, -0.2) is 11.1 Å². The van der Waals surface area contributed by atoms with Gasteiger partial charge in [-0.3, -0.25) is 0 Å². The van der Waals surface area contributed by atoms with Gasteiger partial charge < -0.3 is 5.11 Å². The van der Waals surface area contributed by atoms with Gasteiger partial charge in [-0.1, -0.05) is 37.0 Å². The van der Waals surface area contributed by atoms with Gasteiger partial charge in [0, 0.05) is 0 Å². The van der Waals surface area contributed by atoms with Crippen LogP contribution < -0.4 is 0 Å². The standard InChI is InChI=1S/C7H4Cl2O2.C2H6/c8-5-2-1-4(7(10)11)3-6(5)9;1-2/h1-3H,(H,10,11);1-2H3. The van der Waals surface area contributed by atoms with E-state index in [4.69, 9.17) is 28.3 Å². The van der Waals surface area contributed by atoms with E-state index in [1.54, 1.807) is 0 Å². The molecule has 0 bridgehead atoms. The molecule has 0 aromatic heterocycles. The normalized spacial score (nSPS) is 8.62. The lowest BCUT2D eigenvalue weighted by Crippen LogP contribution is -1.94. The molecule has 0 aliphatic heterocycles. The average molecular weight is 221 g/mol. The highest BCUT2D eigenvalue weighted by atomic mass is 35.5. The Labute approximate surface area is 87.1 Å². The lowest BCUT2D eigenvalue weighted by Gasteiger charge is -1.96. The van der Waals surface area contributed by atoms with E-state index in [9.17, 15) is 4.79 Å². The molecule has 1 rings (SSSR count). The fraction of sp³-hybridized carbons (Fsp3) is 0.222. The molecule has 4 heteroatoms. The summed E-state index contributed by atoms with van der Waals surface area (Å²) in [7, 11) is 0. The van der Waals surface area contributed by atoms with Crippen LogP contribution >= 0.6 is 23.2 Å². The van der Waals surface area contributed by atoms with Gasteiger partial charge in [-0.15, -0.1) is 0 Å². The Morgan fingerprint density at radius 1 is 1.23 bits per heavy atom. The van der Waals surface area contributed by atoms with Crippen LogP contribution in [0.3, 0.4) is 0 Å². The van der Waals surface area contributed by atoms with Crippen molar-refractivity contribution in [2.75, 3.05) is 0 Å². The second-order valence-electron chi connectivity index (χ2n) is 1.93. The molecule has 2 nitrogen and oxygen atoms in total. The summed E-state index contributed by atoms with van der Waals surface area (Å²) in [5.41, 5.74) is 0.138. The monoisotopic (exact) mass is 220 g/mol. The van der Waals surface area contributed by atoms with Crippen LogP contribution in [-0.2, 0) is 0 Å². The summed E-state index contributed by atoms with van der Waals surface area (Å²) in [6.07, 6.45) is 0. The fourth-order valence-corrected chi connectivity index (χ4v) is 0.927. The van der Waals surface area contributed by atoms with E-state index < -0.39 is 5.97 Å². The average Bonchev–Trinajstić information content (AvgIpc) is 2.13. The highest BCUT2D eigenvalue weighted by Gasteiger charge is 2.04. The van der Waals surface area contributed by atoms with E-state index in [-0.39, 0.29) is 10.6 Å². The molecule has 0 aliphatic rings. The highest BCUT2D eigenvalue weighted by Crippen LogP contribution is 2.22. The summed E-state index contributed by atoms with van der Waals surface area (Å²) in [6, 6.07) is 4.16. The summed E-state index contributed by atoms with van der Waals surface area (Å²) < 4.78 is 0. The van der Waals surface area contributed by atoms with Crippen molar-refractivity contribution >= 4 is 29.2 Å². The molecule has 0 heterocycles. The first-order valence-electron chi connectivity index (χ1n) is 3.79. The van der Waals surface area contributed by atoms with Gasteiger partial charge in [0.25, 0.3) is 0 Å². The molecule has 0 spiro atoms. The number of halogens is 2. The zero-order chi connectivity index (χ0) is 10.4. The molecule has 0 fully saturated rings. The first-order chi connectivity index (χ1) is 6.11. The van der Waals surface area contributed by atoms with E-state index in [1.165, 1.54) is 18.2 Å². The quantitative estimate of drug-likeness (QED) is 0.784. The van der Waals surface area contributed by atoms with Crippen molar-refractivity contribution < 1.29 is 9.90 Å². The molecule has 0 saturated heterocycles. The molecule has 0 unspecified atom stereocenters. The smallest absolute Gasteiger partial charge is 0.335 e. The summed E-state index contributed by atoms with van der Waals surface area (Å²) in [6.45, 7) is 4.00. The van der Waals surface area contributed by atoms with Gasteiger partial charge in [0.15, 0.2) is 0 Å². The number of carboxylic acids is 1. The lowest BCUT2D eigenvalue weighted by atomic mass is 10.2. The van der Waals surface area contributed by atoms with Crippen LogP contribution in [0.5, 0.6) is 0 Å². The van der Waals surface area contributed by atoms with E-state index in [1.807, 2.05) is 13.8 Å². The Balaban J connectivity index is 0.000000671. The maximum Gasteiger partial charge on any atom is 0.335 e. The Bertz CT molecular complexity index is 298. The molecule has 1 aromatic rings. The lowest BCUT2D eigenvalue weighted by molar-refractivity contribution is 0.0697. The fourth-order valence-electron chi connectivity index (χ4n) is 0.629. The maximum atomic E-state index is 10.4. The molecule has 0 atom stereocenters. The number of benzene rings is 1. The van der Waals surface area contributed by atoms with Crippen LogP contribution in [0.2, 0.25) is 10.0 Å². The minimum absolute atomic E-state index is 0.138. The minimum atomic E-state index is -1.01. The van der Waals surface area contributed by atoms with Crippen molar-refractivity contribution in [2.24, 2.45) is 0 Å². The Hall–Kier alpha value is -0.730. The summed E-state index contributed by atoms with van der Waals surface area (Å²) in [5, 5.41) is 9.11. The van der Waals surface area contributed by atoms with Crippen molar-refractivity contribution in [2.45, 2.75) is 13.8 Å². The SMILES string of the molecule is CC.O=C(O)c1ccc(Cl)c(Cl)c1. The van der Waals surface area contributed by atoms with Crippen LogP contribution in [0.1, 0.15) is 24.2 Å². The summed E-state index contributed by atoms with van der Waals surface area (Å²) in [4.78, 5) is 10.4. The molecule has 72 valence electrons. The highest BCUT2D eigenvalue weighted by molar-refractivity contribution is 6.42. The number of hydrogen-bond acceptors (Lipinski definition) is 1.